The van der Waals surface area contributed by atoms with Gasteiger partial charge < -0.3 is 15.0 Å². The molecule has 1 aromatic rings. The van der Waals surface area contributed by atoms with Gasteiger partial charge in [-0.2, -0.15) is 13.2 Å². The van der Waals surface area contributed by atoms with E-state index in [9.17, 15) is 18.0 Å². The highest BCUT2D eigenvalue weighted by Crippen LogP contribution is 2.34. The van der Waals surface area contributed by atoms with Crippen LogP contribution in [0, 0.1) is 0 Å². The van der Waals surface area contributed by atoms with E-state index in [-0.39, 0.29) is 30.1 Å². The Kier molecular flexibility index (Phi) is 5.58. The summed E-state index contributed by atoms with van der Waals surface area (Å²) in [4.78, 5) is 14.9. The van der Waals surface area contributed by atoms with Crippen LogP contribution in [0.5, 0.6) is 0 Å². The van der Waals surface area contributed by atoms with Crippen LogP contribution in [-0.2, 0) is 10.9 Å². The van der Waals surface area contributed by atoms with Gasteiger partial charge >= 0.3 is 6.18 Å². The zero-order valence-electron chi connectivity index (χ0n) is 15.1. The standard InChI is InChI=1S/C19H25F3N2O2/c1-12(2)23-16-9-10-26-11-17(16)24(15-7-8-15)18(25)13-3-5-14(6-4-13)19(20,21)22/h3-6,12,15-17,23H,7-11H2,1-2H3. The maximum atomic E-state index is 13.1. The second-order valence-corrected chi connectivity index (χ2v) is 7.38. The molecule has 1 heterocycles. The minimum absolute atomic E-state index is 0.103. The predicted molar refractivity (Wildman–Crippen MR) is 91.9 cm³/mol. The lowest BCUT2D eigenvalue weighted by Gasteiger charge is -2.41. The molecule has 2 unspecified atom stereocenters. The first-order chi connectivity index (χ1) is 12.3. The third kappa shape index (κ3) is 4.38. The number of carbonyl (C=O) groups is 1. The van der Waals surface area contributed by atoms with Crippen LogP contribution in [0.25, 0.3) is 0 Å². The monoisotopic (exact) mass is 370 g/mol. The number of ether oxygens (including phenoxy) is 1. The van der Waals surface area contributed by atoms with Crippen molar-refractivity contribution in [1.29, 1.82) is 0 Å². The lowest BCUT2D eigenvalue weighted by molar-refractivity contribution is -0.137. The smallest absolute Gasteiger partial charge is 0.379 e. The topological polar surface area (TPSA) is 41.6 Å². The fraction of sp³-hybridized carbons (Fsp3) is 0.632. The third-order valence-corrected chi connectivity index (χ3v) is 4.86. The summed E-state index contributed by atoms with van der Waals surface area (Å²) >= 11 is 0. The molecule has 1 aliphatic carbocycles. The van der Waals surface area contributed by atoms with Gasteiger partial charge in [-0.3, -0.25) is 4.79 Å². The molecule has 0 spiro atoms. The predicted octanol–water partition coefficient (Wildman–Crippen LogP) is 3.47. The Morgan fingerprint density at radius 2 is 1.85 bits per heavy atom. The van der Waals surface area contributed by atoms with Crippen molar-refractivity contribution >= 4 is 5.91 Å². The van der Waals surface area contributed by atoms with Gasteiger partial charge in [0.2, 0.25) is 0 Å². The molecule has 1 saturated carbocycles. The average molecular weight is 370 g/mol. The van der Waals surface area contributed by atoms with E-state index in [1.165, 1.54) is 12.1 Å². The molecule has 2 fully saturated rings. The van der Waals surface area contributed by atoms with Crippen LogP contribution >= 0.6 is 0 Å². The lowest BCUT2D eigenvalue weighted by Crippen LogP contribution is -2.58. The van der Waals surface area contributed by atoms with Crippen molar-refractivity contribution in [3.8, 4) is 0 Å². The first kappa shape index (κ1) is 19.2. The number of alkyl halides is 3. The number of nitrogens with one attached hydrogen (secondary N) is 1. The Bertz CT molecular complexity index is 627. The molecule has 2 aliphatic rings. The molecule has 1 saturated heterocycles. The van der Waals surface area contributed by atoms with Crippen LogP contribution in [0.1, 0.15) is 49.0 Å². The van der Waals surface area contributed by atoms with Crippen molar-refractivity contribution in [2.75, 3.05) is 13.2 Å². The molecule has 2 atom stereocenters. The van der Waals surface area contributed by atoms with E-state index in [2.05, 4.69) is 19.2 Å². The summed E-state index contributed by atoms with van der Waals surface area (Å²) in [5, 5.41) is 3.51. The first-order valence-corrected chi connectivity index (χ1v) is 9.11. The molecule has 1 N–H and O–H groups in total. The van der Waals surface area contributed by atoms with Gasteiger partial charge in [-0.05, 0) is 43.5 Å². The number of rotatable bonds is 5. The van der Waals surface area contributed by atoms with Crippen molar-refractivity contribution in [1.82, 2.24) is 10.2 Å². The maximum absolute atomic E-state index is 13.1. The summed E-state index contributed by atoms with van der Waals surface area (Å²) in [7, 11) is 0. The fourth-order valence-corrected chi connectivity index (χ4v) is 3.51. The van der Waals surface area contributed by atoms with Crippen LogP contribution in [0.15, 0.2) is 24.3 Å². The zero-order valence-corrected chi connectivity index (χ0v) is 15.1. The quantitative estimate of drug-likeness (QED) is 0.863. The van der Waals surface area contributed by atoms with E-state index in [4.69, 9.17) is 4.74 Å². The number of halogens is 3. The number of hydrogen-bond donors (Lipinski definition) is 1. The van der Waals surface area contributed by atoms with E-state index in [1.54, 1.807) is 0 Å². The zero-order chi connectivity index (χ0) is 18.9. The van der Waals surface area contributed by atoms with Crippen molar-refractivity contribution in [2.45, 2.75) is 63.5 Å². The highest BCUT2D eigenvalue weighted by atomic mass is 19.4. The Labute approximate surface area is 151 Å². The van der Waals surface area contributed by atoms with Gasteiger partial charge in [0.15, 0.2) is 0 Å². The van der Waals surface area contributed by atoms with E-state index in [0.29, 0.717) is 18.8 Å². The van der Waals surface area contributed by atoms with Crippen molar-refractivity contribution in [3.05, 3.63) is 35.4 Å². The highest BCUT2D eigenvalue weighted by Gasteiger charge is 2.42. The number of carbonyl (C=O) groups excluding carboxylic acids is 1. The van der Waals surface area contributed by atoms with Crippen LogP contribution in [0.2, 0.25) is 0 Å². The Hall–Kier alpha value is -1.60. The van der Waals surface area contributed by atoms with Gasteiger partial charge in [0.1, 0.15) is 0 Å². The lowest BCUT2D eigenvalue weighted by atomic mass is 9.99. The van der Waals surface area contributed by atoms with Crippen LogP contribution in [0.4, 0.5) is 13.2 Å². The Morgan fingerprint density at radius 1 is 1.19 bits per heavy atom. The van der Waals surface area contributed by atoms with E-state index in [1.807, 2.05) is 4.90 Å². The van der Waals surface area contributed by atoms with Crippen LogP contribution < -0.4 is 5.32 Å². The minimum Gasteiger partial charge on any atom is -0.379 e. The molecule has 0 radical (unpaired) electrons. The largest absolute Gasteiger partial charge is 0.416 e. The van der Waals surface area contributed by atoms with Crippen molar-refractivity contribution in [2.24, 2.45) is 0 Å². The molecular weight excluding hydrogens is 345 g/mol. The number of benzene rings is 1. The summed E-state index contributed by atoms with van der Waals surface area (Å²) in [5.41, 5.74) is -0.453. The van der Waals surface area contributed by atoms with Crippen molar-refractivity contribution < 1.29 is 22.7 Å². The molecule has 1 aliphatic heterocycles. The molecule has 1 amide bonds. The summed E-state index contributed by atoms with van der Waals surface area (Å²) in [5.74, 6) is -0.215. The normalized spacial score (nSPS) is 23.9. The number of hydrogen-bond acceptors (Lipinski definition) is 3. The molecule has 0 aromatic heterocycles. The summed E-state index contributed by atoms with van der Waals surface area (Å²) < 4.78 is 43.9. The molecule has 7 heteroatoms. The van der Waals surface area contributed by atoms with Gasteiger partial charge in [-0.15, -0.1) is 0 Å². The van der Waals surface area contributed by atoms with Gasteiger partial charge in [-0.25, -0.2) is 0 Å². The Balaban J connectivity index is 1.81. The second kappa shape index (κ2) is 7.56. The SMILES string of the molecule is CC(C)NC1CCOCC1N(C(=O)c1ccc(C(F)(F)F)cc1)C1CC1. The van der Waals surface area contributed by atoms with E-state index >= 15 is 0 Å². The number of nitrogens with zero attached hydrogens (tertiary/aromatic N) is 1. The van der Waals surface area contributed by atoms with Crippen LogP contribution in [0.3, 0.4) is 0 Å². The summed E-state index contributed by atoms with van der Waals surface area (Å²) in [6, 6.07) is 4.94. The molecular formula is C19H25F3N2O2. The van der Waals surface area contributed by atoms with Crippen LogP contribution in [-0.4, -0.2) is 48.2 Å². The molecule has 1 aromatic carbocycles. The van der Waals surface area contributed by atoms with E-state index < -0.39 is 11.7 Å². The van der Waals surface area contributed by atoms with Gasteiger partial charge in [0.05, 0.1) is 18.2 Å². The fourth-order valence-electron chi connectivity index (χ4n) is 3.51. The molecule has 4 nitrogen and oxygen atoms in total. The van der Waals surface area contributed by atoms with Gasteiger partial charge in [-0.1, -0.05) is 13.8 Å². The van der Waals surface area contributed by atoms with Gasteiger partial charge in [0, 0.05) is 30.3 Å². The second-order valence-electron chi connectivity index (χ2n) is 7.38. The third-order valence-electron chi connectivity index (χ3n) is 4.86. The van der Waals surface area contributed by atoms with Crippen molar-refractivity contribution in [3.63, 3.8) is 0 Å². The van der Waals surface area contributed by atoms with E-state index in [0.717, 1.165) is 31.4 Å². The molecule has 144 valence electrons. The highest BCUT2D eigenvalue weighted by molar-refractivity contribution is 5.95. The first-order valence-electron chi connectivity index (χ1n) is 9.11. The Morgan fingerprint density at radius 3 is 2.38 bits per heavy atom. The number of amides is 1. The van der Waals surface area contributed by atoms with Gasteiger partial charge in [0.25, 0.3) is 5.91 Å². The molecule has 26 heavy (non-hydrogen) atoms. The maximum Gasteiger partial charge on any atom is 0.416 e. The molecule has 3 rings (SSSR count). The average Bonchev–Trinajstić information content (AvgIpc) is 3.40. The molecule has 0 bridgehead atoms. The minimum atomic E-state index is -4.40. The summed E-state index contributed by atoms with van der Waals surface area (Å²) in [6.07, 6.45) is -1.73. The summed E-state index contributed by atoms with van der Waals surface area (Å²) in [6.45, 7) is 5.22.